The first-order valence-corrected chi connectivity index (χ1v) is 8.58. The van der Waals surface area contributed by atoms with Gasteiger partial charge in [-0.2, -0.15) is 0 Å². The van der Waals surface area contributed by atoms with E-state index in [0.29, 0.717) is 19.3 Å². The number of nitrogens with zero attached hydrogens (tertiary/aromatic N) is 1. The molecule has 0 bridgehead atoms. The van der Waals surface area contributed by atoms with Gasteiger partial charge in [-0.05, 0) is 37.0 Å². The zero-order chi connectivity index (χ0) is 17.0. The molecule has 1 aliphatic heterocycles. The van der Waals surface area contributed by atoms with Crippen molar-refractivity contribution in [3.05, 3.63) is 29.8 Å². The average Bonchev–Trinajstić information content (AvgIpc) is 3.14. The van der Waals surface area contributed by atoms with Gasteiger partial charge in [0.05, 0.1) is 19.8 Å². The normalized spacial score (nSPS) is 17.8. The number of aliphatic imine (C=N–C) groups is 1. The summed E-state index contributed by atoms with van der Waals surface area (Å²) in [5, 5.41) is 6.59. The van der Waals surface area contributed by atoms with Crippen molar-refractivity contribution in [2.75, 3.05) is 40.5 Å². The second kappa shape index (κ2) is 10.9. The predicted octanol–water partition coefficient (Wildman–Crippen LogP) is 1.95. The molecule has 2 N–H and O–H groups in total. The van der Waals surface area contributed by atoms with Crippen LogP contribution in [-0.2, 0) is 16.1 Å². The van der Waals surface area contributed by atoms with Gasteiger partial charge in [0.25, 0.3) is 0 Å². The second-order valence-corrected chi connectivity index (χ2v) is 5.77. The lowest BCUT2D eigenvalue weighted by Gasteiger charge is -2.15. The third kappa shape index (κ3) is 6.76. The van der Waals surface area contributed by atoms with Gasteiger partial charge in [0.15, 0.2) is 5.96 Å². The lowest BCUT2D eigenvalue weighted by atomic mass is 10.2. The highest BCUT2D eigenvalue weighted by atomic mass is 16.5. The Bertz CT molecular complexity index is 485. The van der Waals surface area contributed by atoms with Crippen LogP contribution in [0, 0.1) is 0 Å². The third-order valence-corrected chi connectivity index (χ3v) is 3.93. The molecule has 1 aliphatic rings. The molecule has 0 spiro atoms. The minimum atomic E-state index is 0.316. The van der Waals surface area contributed by atoms with Gasteiger partial charge in [0.2, 0.25) is 0 Å². The molecule has 6 heteroatoms. The zero-order valence-electron chi connectivity index (χ0n) is 14.7. The number of ether oxygens (including phenoxy) is 3. The number of rotatable bonds is 9. The van der Waals surface area contributed by atoms with Crippen LogP contribution >= 0.6 is 0 Å². The van der Waals surface area contributed by atoms with Crippen molar-refractivity contribution in [1.82, 2.24) is 10.6 Å². The van der Waals surface area contributed by atoms with Crippen molar-refractivity contribution in [2.45, 2.75) is 32.0 Å². The van der Waals surface area contributed by atoms with Gasteiger partial charge >= 0.3 is 0 Å². The van der Waals surface area contributed by atoms with Gasteiger partial charge < -0.3 is 24.8 Å². The standard InChI is InChI=1S/C18H29N3O3/c1-19-18(21-13-17-5-3-12-24-17)20-10-4-11-23-14-15-6-8-16(22-2)9-7-15/h6-9,17H,3-5,10-14H2,1-2H3,(H2,19,20,21). The van der Waals surface area contributed by atoms with E-state index in [4.69, 9.17) is 14.2 Å². The molecule has 0 aliphatic carbocycles. The highest BCUT2D eigenvalue weighted by Gasteiger charge is 2.15. The maximum Gasteiger partial charge on any atom is 0.191 e. The van der Waals surface area contributed by atoms with Gasteiger partial charge in [-0.25, -0.2) is 0 Å². The van der Waals surface area contributed by atoms with Crippen molar-refractivity contribution in [1.29, 1.82) is 0 Å². The Balaban J connectivity index is 1.51. The first-order chi connectivity index (χ1) is 11.8. The molecule has 0 saturated carbocycles. The van der Waals surface area contributed by atoms with Gasteiger partial charge in [0.1, 0.15) is 5.75 Å². The first-order valence-electron chi connectivity index (χ1n) is 8.58. The Morgan fingerprint density at radius 2 is 2.12 bits per heavy atom. The summed E-state index contributed by atoms with van der Waals surface area (Å²) in [5.41, 5.74) is 1.15. The van der Waals surface area contributed by atoms with E-state index in [2.05, 4.69) is 15.6 Å². The van der Waals surface area contributed by atoms with Crippen LogP contribution in [0.15, 0.2) is 29.3 Å². The molecule has 1 aromatic rings. The van der Waals surface area contributed by atoms with Crippen LogP contribution in [-0.4, -0.2) is 52.5 Å². The van der Waals surface area contributed by atoms with Crippen LogP contribution in [0.4, 0.5) is 0 Å². The Morgan fingerprint density at radius 1 is 1.29 bits per heavy atom. The topological polar surface area (TPSA) is 64.1 Å². The van der Waals surface area contributed by atoms with Crippen LogP contribution in [0.25, 0.3) is 0 Å². The fraction of sp³-hybridized carbons (Fsp3) is 0.611. The van der Waals surface area contributed by atoms with E-state index in [0.717, 1.165) is 56.2 Å². The van der Waals surface area contributed by atoms with Crippen LogP contribution < -0.4 is 15.4 Å². The number of guanidine groups is 1. The molecule has 6 nitrogen and oxygen atoms in total. The smallest absolute Gasteiger partial charge is 0.191 e. The summed E-state index contributed by atoms with van der Waals surface area (Å²) in [6.45, 7) is 3.85. The van der Waals surface area contributed by atoms with Crippen molar-refractivity contribution in [2.24, 2.45) is 4.99 Å². The van der Waals surface area contributed by atoms with Crippen LogP contribution in [0.3, 0.4) is 0 Å². The van der Waals surface area contributed by atoms with Crippen molar-refractivity contribution < 1.29 is 14.2 Å². The van der Waals surface area contributed by atoms with Crippen molar-refractivity contribution in [3.63, 3.8) is 0 Å². The molecule has 24 heavy (non-hydrogen) atoms. The van der Waals surface area contributed by atoms with Crippen LogP contribution in [0.5, 0.6) is 5.75 Å². The summed E-state index contributed by atoms with van der Waals surface area (Å²) in [4.78, 5) is 4.22. The largest absolute Gasteiger partial charge is 0.497 e. The highest BCUT2D eigenvalue weighted by Crippen LogP contribution is 2.12. The molecule has 134 valence electrons. The molecule has 0 amide bonds. The van der Waals surface area contributed by atoms with Gasteiger partial charge in [-0.1, -0.05) is 12.1 Å². The van der Waals surface area contributed by atoms with E-state index in [1.807, 2.05) is 24.3 Å². The molecule has 1 atom stereocenters. The lowest BCUT2D eigenvalue weighted by Crippen LogP contribution is -2.41. The van der Waals surface area contributed by atoms with E-state index >= 15 is 0 Å². The molecule has 0 aromatic heterocycles. The molecule has 1 heterocycles. The summed E-state index contributed by atoms with van der Waals surface area (Å²) in [7, 11) is 3.45. The molecular formula is C18H29N3O3. The summed E-state index contributed by atoms with van der Waals surface area (Å²) < 4.78 is 16.4. The average molecular weight is 335 g/mol. The number of nitrogens with one attached hydrogen (secondary N) is 2. The Labute approximate surface area is 144 Å². The first kappa shape index (κ1) is 18.5. The van der Waals surface area contributed by atoms with Crippen LogP contribution in [0.2, 0.25) is 0 Å². The monoisotopic (exact) mass is 335 g/mol. The fourth-order valence-electron chi connectivity index (χ4n) is 2.53. The van der Waals surface area contributed by atoms with E-state index in [-0.39, 0.29) is 0 Å². The second-order valence-electron chi connectivity index (χ2n) is 5.77. The Morgan fingerprint density at radius 3 is 2.79 bits per heavy atom. The number of hydrogen-bond donors (Lipinski definition) is 2. The fourth-order valence-corrected chi connectivity index (χ4v) is 2.53. The maximum atomic E-state index is 5.69. The summed E-state index contributed by atoms with van der Waals surface area (Å²) >= 11 is 0. The van der Waals surface area contributed by atoms with Crippen molar-refractivity contribution >= 4 is 5.96 Å². The number of methoxy groups -OCH3 is 1. The summed E-state index contributed by atoms with van der Waals surface area (Å²) in [5.74, 6) is 1.69. The van der Waals surface area contributed by atoms with Crippen LogP contribution in [0.1, 0.15) is 24.8 Å². The quantitative estimate of drug-likeness (QED) is 0.410. The molecule has 1 aromatic carbocycles. The number of benzene rings is 1. The molecular weight excluding hydrogens is 306 g/mol. The molecule has 0 radical (unpaired) electrons. The van der Waals surface area contributed by atoms with Gasteiger partial charge in [-0.15, -0.1) is 0 Å². The summed E-state index contributed by atoms with van der Waals surface area (Å²) in [6.07, 6.45) is 3.53. The Hall–Kier alpha value is -1.79. The summed E-state index contributed by atoms with van der Waals surface area (Å²) in [6, 6.07) is 7.94. The third-order valence-electron chi connectivity index (χ3n) is 3.93. The van der Waals surface area contributed by atoms with E-state index in [1.54, 1.807) is 14.2 Å². The van der Waals surface area contributed by atoms with Gasteiger partial charge in [0, 0.05) is 33.4 Å². The van der Waals surface area contributed by atoms with E-state index in [1.165, 1.54) is 0 Å². The van der Waals surface area contributed by atoms with Crippen molar-refractivity contribution in [3.8, 4) is 5.75 Å². The van der Waals surface area contributed by atoms with E-state index < -0.39 is 0 Å². The molecule has 2 rings (SSSR count). The van der Waals surface area contributed by atoms with Gasteiger partial charge in [-0.3, -0.25) is 4.99 Å². The van der Waals surface area contributed by atoms with E-state index in [9.17, 15) is 0 Å². The predicted molar refractivity (Wildman–Crippen MR) is 95.6 cm³/mol. The molecule has 1 saturated heterocycles. The molecule has 1 unspecified atom stereocenters. The maximum absolute atomic E-state index is 5.69. The molecule has 1 fully saturated rings. The SMILES string of the molecule is CN=C(NCCCOCc1ccc(OC)cc1)NCC1CCCO1. The number of hydrogen-bond acceptors (Lipinski definition) is 4. The highest BCUT2D eigenvalue weighted by molar-refractivity contribution is 5.79. The Kier molecular flexibility index (Phi) is 8.41. The zero-order valence-corrected chi connectivity index (χ0v) is 14.7. The minimum absolute atomic E-state index is 0.316. The minimum Gasteiger partial charge on any atom is -0.497 e. The lowest BCUT2D eigenvalue weighted by molar-refractivity contribution is 0.113.